The molecule has 8 nitrogen and oxygen atoms in total. The molecule has 1 aromatic carbocycles. The monoisotopic (exact) mass is 473 g/mol. The van der Waals surface area contributed by atoms with Crippen LogP contribution in [0.2, 0.25) is 0 Å². The Hall–Kier alpha value is -2.41. The minimum Gasteiger partial charge on any atom is -0.482 e. The van der Waals surface area contributed by atoms with Gasteiger partial charge in [0.25, 0.3) is 5.91 Å². The zero-order valence-corrected chi connectivity index (χ0v) is 20.6. The van der Waals surface area contributed by atoms with Crippen molar-refractivity contribution in [2.75, 3.05) is 32.3 Å². The first-order valence-corrected chi connectivity index (χ1v) is 12.7. The van der Waals surface area contributed by atoms with E-state index >= 15 is 0 Å². The number of carbonyl (C=O) groups excluding carboxylic acids is 1. The summed E-state index contributed by atoms with van der Waals surface area (Å²) in [5, 5.41) is 2.06. The number of amides is 1. The highest BCUT2D eigenvalue weighted by atomic mass is 31.2. The second-order valence-electron chi connectivity index (χ2n) is 8.36. The van der Waals surface area contributed by atoms with Gasteiger partial charge < -0.3 is 18.7 Å². The molecule has 0 saturated heterocycles. The summed E-state index contributed by atoms with van der Waals surface area (Å²) >= 11 is 0. The van der Waals surface area contributed by atoms with E-state index in [1.165, 1.54) is 6.07 Å². The standard InChI is InChI=1S/C24H32N3O5P/c1-5-31-33(32-6-2)19-12-14-24(16-19)25(3)23(29)21-22(20(28)13-15-27(21)26(24)4)30-17-18-10-8-7-9-11-18/h7-11,13,15,19H,5-6,12,14,16-17H2,1-4H3. The summed E-state index contributed by atoms with van der Waals surface area (Å²) in [4.78, 5) is 28.1. The maximum atomic E-state index is 13.6. The molecule has 1 aliphatic heterocycles. The fraction of sp³-hybridized carbons (Fsp3) is 0.500. The predicted octanol–water partition coefficient (Wildman–Crippen LogP) is 3.71. The van der Waals surface area contributed by atoms with Gasteiger partial charge in [0.1, 0.15) is 12.3 Å². The molecule has 2 heterocycles. The van der Waals surface area contributed by atoms with Crippen molar-refractivity contribution >= 4 is 14.3 Å². The number of aromatic nitrogens is 1. The molecule has 2 unspecified atom stereocenters. The number of benzene rings is 1. The molecule has 2 aliphatic rings. The minimum absolute atomic E-state index is 0.0836. The van der Waals surface area contributed by atoms with E-state index in [1.54, 1.807) is 15.8 Å². The van der Waals surface area contributed by atoms with E-state index in [4.69, 9.17) is 13.8 Å². The van der Waals surface area contributed by atoms with Gasteiger partial charge in [0.05, 0.1) is 13.2 Å². The molecule has 4 rings (SSSR count). The van der Waals surface area contributed by atoms with Crippen molar-refractivity contribution in [3.05, 3.63) is 64.1 Å². The predicted molar refractivity (Wildman–Crippen MR) is 128 cm³/mol. The molecule has 1 saturated carbocycles. The molecule has 178 valence electrons. The molecule has 0 bridgehead atoms. The number of hydrogen-bond acceptors (Lipinski definition) is 6. The van der Waals surface area contributed by atoms with Crippen molar-refractivity contribution in [1.29, 1.82) is 0 Å². The molecular formula is C24H32N3O5P. The van der Waals surface area contributed by atoms with E-state index in [-0.39, 0.29) is 35.0 Å². The van der Waals surface area contributed by atoms with Crippen LogP contribution in [0.3, 0.4) is 0 Å². The van der Waals surface area contributed by atoms with Crippen LogP contribution in [0.15, 0.2) is 47.4 Å². The van der Waals surface area contributed by atoms with Crippen molar-refractivity contribution in [1.82, 2.24) is 9.58 Å². The quantitative estimate of drug-likeness (QED) is 0.545. The van der Waals surface area contributed by atoms with Crippen LogP contribution in [0.4, 0.5) is 0 Å². The summed E-state index contributed by atoms with van der Waals surface area (Å²) in [6, 6.07) is 11.1. The van der Waals surface area contributed by atoms with Gasteiger partial charge in [0, 0.05) is 38.4 Å². The van der Waals surface area contributed by atoms with Crippen molar-refractivity contribution in [2.24, 2.45) is 0 Å². The van der Waals surface area contributed by atoms with E-state index < -0.39 is 14.0 Å². The highest BCUT2D eigenvalue weighted by Crippen LogP contribution is 2.55. The van der Waals surface area contributed by atoms with E-state index in [9.17, 15) is 9.59 Å². The van der Waals surface area contributed by atoms with Crippen LogP contribution in [0.25, 0.3) is 0 Å². The Bertz CT molecular complexity index is 1040. The van der Waals surface area contributed by atoms with Gasteiger partial charge in [0.2, 0.25) is 5.43 Å². The molecular weight excluding hydrogens is 441 g/mol. The molecule has 9 heteroatoms. The van der Waals surface area contributed by atoms with E-state index in [2.05, 4.69) is 5.01 Å². The lowest BCUT2D eigenvalue weighted by molar-refractivity contribution is 0.0401. The SMILES string of the molecule is CCOP(OCC)C1CCC2(C1)N(C)C(=O)c1c(OCc3ccccc3)c(=O)ccn1N2C. The van der Waals surface area contributed by atoms with Crippen LogP contribution in [0.5, 0.6) is 5.75 Å². The zero-order valence-electron chi connectivity index (χ0n) is 19.7. The first-order valence-electron chi connectivity index (χ1n) is 11.4. The Morgan fingerprint density at radius 3 is 2.42 bits per heavy atom. The maximum Gasteiger partial charge on any atom is 0.278 e. The van der Waals surface area contributed by atoms with Crippen LogP contribution in [-0.2, 0) is 15.7 Å². The van der Waals surface area contributed by atoms with E-state index in [1.807, 2.05) is 58.3 Å². The van der Waals surface area contributed by atoms with Gasteiger partial charge >= 0.3 is 0 Å². The Balaban J connectivity index is 1.65. The number of fused-ring (bicyclic) bond motifs is 1. The number of rotatable bonds is 8. The zero-order chi connectivity index (χ0) is 23.6. The second kappa shape index (κ2) is 9.84. The van der Waals surface area contributed by atoms with E-state index in [0.29, 0.717) is 13.2 Å². The normalized spacial score (nSPS) is 22.3. The van der Waals surface area contributed by atoms with Crippen LogP contribution in [-0.4, -0.2) is 54.1 Å². The third-order valence-corrected chi connectivity index (χ3v) is 8.63. The topological polar surface area (TPSA) is 73.2 Å². The van der Waals surface area contributed by atoms with Gasteiger partial charge in [-0.15, -0.1) is 0 Å². The minimum atomic E-state index is -1.02. The van der Waals surface area contributed by atoms with Crippen LogP contribution >= 0.6 is 8.38 Å². The van der Waals surface area contributed by atoms with Gasteiger partial charge in [-0.3, -0.25) is 19.3 Å². The van der Waals surface area contributed by atoms with Crippen molar-refractivity contribution < 1.29 is 18.6 Å². The third kappa shape index (κ3) is 4.27. The van der Waals surface area contributed by atoms with Gasteiger partial charge in [-0.1, -0.05) is 30.3 Å². The molecule has 2 aromatic rings. The molecule has 1 spiro atoms. The molecule has 1 aliphatic carbocycles. The molecule has 33 heavy (non-hydrogen) atoms. The molecule has 2 atom stereocenters. The molecule has 0 N–H and O–H groups in total. The molecule has 0 radical (unpaired) electrons. The van der Waals surface area contributed by atoms with Gasteiger partial charge in [0.15, 0.2) is 19.8 Å². The Labute approximate surface area is 195 Å². The smallest absolute Gasteiger partial charge is 0.278 e. The average Bonchev–Trinajstić information content (AvgIpc) is 3.27. The Kier molecular flexibility index (Phi) is 7.07. The lowest BCUT2D eigenvalue weighted by atomic mass is 10.0. The average molecular weight is 474 g/mol. The third-order valence-electron chi connectivity index (χ3n) is 6.57. The summed E-state index contributed by atoms with van der Waals surface area (Å²) in [7, 11) is 2.75. The number of nitrogens with zero attached hydrogens (tertiary/aromatic N) is 3. The lowest BCUT2D eigenvalue weighted by Crippen LogP contribution is -2.67. The fourth-order valence-corrected chi connectivity index (χ4v) is 6.64. The summed E-state index contributed by atoms with van der Waals surface area (Å²) in [6.45, 7) is 5.38. The first kappa shape index (κ1) is 23.7. The van der Waals surface area contributed by atoms with Crippen molar-refractivity contribution in [2.45, 2.75) is 51.0 Å². The van der Waals surface area contributed by atoms with Crippen molar-refractivity contribution in [3.63, 3.8) is 0 Å². The van der Waals surface area contributed by atoms with Crippen molar-refractivity contribution in [3.8, 4) is 5.75 Å². The highest BCUT2D eigenvalue weighted by Gasteiger charge is 2.54. The van der Waals surface area contributed by atoms with Gasteiger partial charge in [-0.25, -0.2) is 0 Å². The molecule has 1 fully saturated rings. The summed E-state index contributed by atoms with van der Waals surface area (Å²) in [5.74, 6) is -0.132. The Morgan fingerprint density at radius 1 is 1.06 bits per heavy atom. The summed E-state index contributed by atoms with van der Waals surface area (Å²) in [6.07, 6.45) is 4.10. The number of ether oxygens (including phenoxy) is 1. The summed E-state index contributed by atoms with van der Waals surface area (Å²) < 4.78 is 19.5. The lowest BCUT2D eigenvalue weighted by Gasteiger charge is -2.51. The van der Waals surface area contributed by atoms with Crippen LogP contribution < -0.4 is 15.2 Å². The number of carbonyl (C=O) groups is 1. The van der Waals surface area contributed by atoms with Crippen LogP contribution in [0.1, 0.15) is 49.2 Å². The summed E-state index contributed by atoms with van der Waals surface area (Å²) in [5.41, 5.74) is 0.597. The highest BCUT2D eigenvalue weighted by molar-refractivity contribution is 7.48. The first-order chi connectivity index (χ1) is 15.9. The fourth-order valence-electron chi connectivity index (χ4n) is 4.85. The number of pyridine rings is 1. The Morgan fingerprint density at radius 2 is 1.76 bits per heavy atom. The number of hydrogen-bond donors (Lipinski definition) is 0. The largest absolute Gasteiger partial charge is 0.482 e. The van der Waals surface area contributed by atoms with Crippen LogP contribution in [0, 0.1) is 0 Å². The van der Waals surface area contributed by atoms with Gasteiger partial charge in [-0.2, -0.15) is 0 Å². The van der Waals surface area contributed by atoms with E-state index in [0.717, 1.165) is 24.8 Å². The molecule has 1 aromatic heterocycles. The second-order valence-corrected chi connectivity index (χ2v) is 10.2. The molecule has 1 amide bonds. The van der Waals surface area contributed by atoms with Gasteiger partial charge in [-0.05, 0) is 32.3 Å². The maximum absolute atomic E-state index is 13.6.